The van der Waals surface area contributed by atoms with Crippen LogP contribution in [0.1, 0.15) is 17.3 Å². The van der Waals surface area contributed by atoms with Crippen LogP contribution in [0, 0.1) is 0 Å². The maximum absolute atomic E-state index is 11.6. The molecular weight excluding hydrogens is 232 g/mol. The molecule has 0 saturated heterocycles. The third-order valence-electron chi connectivity index (χ3n) is 2.79. The van der Waals surface area contributed by atoms with Crippen molar-refractivity contribution in [3.63, 3.8) is 0 Å². The highest BCUT2D eigenvalue weighted by Gasteiger charge is 2.16. The predicted molar refractivity (Wildman–Crippen MR) is 67.7 cm³/mol. The van der Waals surface area contributed by atoms with E-state index in [-0.39, 0.29) is 12.3 Å². The maximum atomic E-state index is 11.6. The smallest absolute Gasteiger partial charge is 0.237 e. The average Bonchev–Trinajstić information content (AvgIpc) is 2.67. The van der Waals surface area contributed by atoms with Gasteiger partial charge in [0.05, 0.1) is 12.6 Å². The van der Waals surface area contributed by atoms with Gasteiger partial charge in [-0.15, -0.1) is 0 Å². The summed E-state index contributed by atoms with van der Waals surface area (Å²) >= 11 is 0. The third kappa shape index (κ3) is 1.95. The lowest BCUT2D eigenvalue weighted by molar-refractivity contribution is -0.118. The van der Waals surface area contributed by atoms with E-state index in [4.69, 9.17) is 10.5 Å². The Morgan fingerprint density at radius 3 is 2.67 bits per heavy atom. The molecule has 0 fully saturated rings. The van der Waals surface area contributed by atoms with Gasteiger partial charge in [-0.25, -0.2) is 0 Å². The molecule has 18 heavy (non-hydrogen) atoms. The fourth-order valence-electron chi connectivity index (χ4n) is 2.06. The summed E-state index contributed by atoms with van der Waals surface area (Å²) in [6, 6.07) is 5.41. The molecule has 0 atom stereocenters. The Bertz CT molecular complexity index is 628. The number of carbonyl (C=O) groups is 2. The van der Waals surface area contributed by atoms with Crippen molar-refractivity contribution < 1.29 is 14.3 Å². The third-order valence-corrected chi connectivity index (χ3v) is 2.79. The fourth-order valence-corrected chi connectivity index (χ4v) is 2.06. The van der Waals surface area contributed by atoms with Crippen molar-refractivity contribution in [2.45, 2.75) is 13.5 Å². The second kappa shape index (κ2) is 4.52. The Balaban J connectivity index is 2.76. The Labute approximate surface area is 104 Å². The molecule has 1 amide bonds. The predicted octanol–water partition coefficient (Wildman–Crippen LogP) is 1.34. The topological polar surface area (TPSA) is 74.3 Å². The SMILES string of the molecule is COc1cccc2c(C(C)=O)cn(CC(N)=O)c12. The average molecular weight is 246 g/mol. The van der Waals surface area contributed by atoms with E-state index in [1.807, 2.05) is 12.1 Å². The van der Waals surface area contributed by atoms with Crippen LogP contribution in [-0.4, -0.2) is 23.4 Å². The number of methoxy groups -OCH3 is 1. The molecule has 5 nitrogen and oxygen atoms in total. The molecule has 0 radical (unpaired) electrons. The number of benzene rings is 1. The number of ether oxygens (including phenoxy) is 1. The number of hydrogen-bond donors (Lipinski definition) is 1. The molecule has 2 rings (SSSR count). The van der Waals surface area contributed by atoms with E-state index in [0.717, 1.165) is 5.39 Å². The van der Waals surface area contributed by atoms with Gasteiger partial charge in [0.25, 0.3) is 0 Å². The Morgan fingerprint density at radius 2 is 2.11 bits per heavy atom. The van der Waals surface area contributed by atoms with Crippen molar-refractivity contribution in [2.24, 2.45) is 5.73 Å². The Kier molecular flexibility index (Phi) is 3.06. The van der Waals surface area contributed by atoms with E-state index in [9.17, 15) is 9.59 Å². The summed E-state index contributed by atoms with van der Waals surface area (Å²) in [5.74, 6) is 0.0885. The monoisotopic (exact) mass is 246 g/mol. The molecule has 94 valence electrons. The molecule has 0 spiro atoms. The van der Waals surface area contributed by atoms with Crippen LogP contribution in [0.2, 0.25) is 0 Å². The van der Waals surface area contributed by atoms with Crippen molar-refractivity contribution >= 4 is 22.6 Å². The summed E-state index contributed by atoms with van der Waals surface area (Å²) in [7, 11) is 1.55. The molecule has 1 aromatic heterocycles. The zero-order valence-electron chi connectivity index (χ0n) is 10.3. The van der Waals surface area contributed by atoms with Gasteiger partial charge in [0.2, 0.25) is 5.91 Å². The van der Waals surface area contributed by atoms with Crippen molar-refractivity contribution in [1.29, 1.82) is 0 Å². The minimum atomic E-state index is -0.465. The zero-order valence-corrected chi connectivity index (χ0v) is 10.3. The van der Waals surface area contributed by atoms with Gasteiger partial charge in [-0.1, -0.05) is 12.1 Å². The number of aromatic nitrogens is 1. The number of fused-ring (bicyclic) bond motifs is 1. The van der Waals surface area contributed by atoms with Crippen LogP contribution in [0.5, 0.6) is 5.75 Å². The lowest BCUT2D eigenvalue weighted by atomic mass is 10.1. The fraction of sp³-hybridized carbons (Fsp3) is 0.231. The quantitative estimate of drug-likeness (QED) is 0.827. The zero-order chi connectivity index (χ0) is 13.3. The van der Waals surface area contributed by atoms with E-state index < -0.39 is 5.91 Å². The van der Waals surface area contributed by atoms with Gasteiger partial charge in [0.15, 0.2) is 5.78 Å². The Morgan fingerprint density at radius 1 is 1.39 bits per heavy atom. The summed E-state index contributed by atoms with van der Waals surface area (Å²) in [4.78, 5) is 22.7. The normalized spacial score (nSPS) is 10.6. The van der Waals surface area contributed by atoms with Gasteiger partial charge in [0, 0.05) is 17.1 Å². The molecule has 2 aromatic rings. The minimum Gasteiger partial charge on any atom is -0.495 e. The largest absolute Gasteiger partial charge is 0.495 e. The van der Waals surface area contributed by atoms with E-state index in [0.29, 0.717) is 16.8 Å². The molecular formula is C13H14N2O3. The summed E-state index contributed by atoms with van der Waals surface area (Å²) in [5, 5.41) is 0.767. The summed E-state index contributed by atoms with van der Waals surface area (Å²) in [5.41, 5.74) is 6.48. The number of nitrogens with zero attached hydrogens (tertiary/aromatic N) is 1. The molecule has 0 saturated carbocycles. The van der Waals surface area contributed by atoms with Crippen molar-refractivity contribution in [1.82, 2.24) is 4.57 Å². The van der Waals surface area contributed by atoms with Gasteiger partial charge >= 0.3 is 0 Å². The molecule has 0 aliphatic rings. The van der Waals surface area contributed by atoms with E-state index in [1.54, 1.807) is 23.9 Å². The minimum absolute atomic E-state index is 0.0180. The Hall–Kier alpha value is -2.30. The summed E-state index contributed by atoms with van der Waals surface area (Å²) < 4.78 is 6.90. The number of amides is 1. The van der Waals surface area contributed by atoms with Crippen molar-refractivity contribution in [2.75, 3.05) is 7.11 Å². The first-order valence-electron chi connectivity index (χ1n) is 5.49. The standard InChI is InChI=1S/C13H14N2O3/c1-8(16)10-6-15(7-12(14)17)13-9(10)4-3-5-11(13)18-2/h3-6H,7H2,1-2H3,(H2,14,17). The van der Waals surface area contributed by atoms with E-state index in [2.05, 4.69) is 0 Å². The first-order chi connectivity index (χ1) is 8.54. The second-order valence-electron chi connectivity index (χ2n) is 4.05. The summed E-state index contributed by atoms with van der Waals surface area (Å²) in [6.07, 6.45) is 1.64. The number of ketones is 1. The van der Waals surface area contributed by atoms with E-state index >= 15 is 0 Å². The van der Waals surface area contributed by atoms with Gasteiger partial charge in [-0.2, -0.15) is 0 Å². The first kappa shape index (κ1) is 12.2. The van der Waals surface area contributed by atoms with Crippen LogP contribution in [0.4, 0.5) is 0 Å². The number of Topliss-reactive ketones (excluding diaryl/α,β-unsaturated/α-hetero) is 1. The molecule has 0 aliphatic carbocycles. The molecule has 2 N–H and O–H groups in total. The second-order valence-corrected chi connectivity index (χ2v) is 4.05. The van der Waals surface area contributed by atoms with Crippen LogP contribution in [0.25, 0.3) is 10.9 Å². The molecule has 0 unspecified atom stereocenters. The summed E-state index contributed by atoms with van der Waals surface area (Å²) in [6.45, 7) is 1.51. The number of hydrogen-bond acceptors (Lipinski definition) is 3. The number of nitrogens with two attached hydrogens (primary N) is 1. The van der Waals surface area contributed by atoms with Crippen molar-refractivity contribution in [3.8, 4) is 5.75 Å². The highest BCUT2D eigenvalue weighted by atomic mass is 16.5. The van der Waals surface area contributed by atoms with E-state index in [1.165, 1.54) is 6.92 Å². The molecule has 0 bridgehead atoms. The van der Waals surface area contributed by atoms with Crippen LogP contribution in [-0.2, 0) is 11.3 Å². The van der Waals surface area contributed by atoms with Gasteiger partial charge in [-0.3, -0.25) is 9.59 Å². The van der Waals surface area contributed by atoms with Crippen LogP contribution in [0.15, 0.2) is 24.4 Å². The van der Waals surface area contributed by atoms with Gasteiger partial charge < -0.3 is 15.0 Å². The number of primary amides is 1. The molecule has 0 aliphatic heterocycles. The lowest BCUT2D eigenvalue weighted by Gasteiger charge is -2.06. The highest BCUT2D eigenvalue weighted by molar-refractivity contribution is 6.08. The molecule has 1 aromatic carbocycles. The highest BCUT2D eigenvalue weighted by Crippen LogP contribution is 2.29. The number of para-hydroxylation sites is 1. The van der Waals surface area contributed by atoms with Crippen molar-refractivity contribution in [3.05, 3.63) is 30.0 Å². The molecule has 1 heterocycles. The first-order valence-corrected chi connectivity index (χ1v) is 5.49. The molecule has 5 heteroatoms. The maximum Gasteiger partial charge on any atom is 0.237 e. The van der Waals surface area contributed by atoms with Crippen LogP contribution >= 0.6 is 0 Å². The number of carbonyl (C=O) groups excluding carboxylic acids is 2. The van der Waals surface area contributed by atoms with Gasteiger partial charge in [0.1, 0.15) is 12.3 Å². The van der Waals surface area contributed by atoms with Gasteiger partial charge in [-0.05, 0) is 13.0 Å². The lowest BCUT2D eigenvalue weighted by Crippen LogP contribution is -2.18. The van der Waals surface area contributed by atoms with Crippen LogP contribution < -0.4 is 10.5 Å². The van der Waals surface area contributed by atoms with Crippen LogP contribution in [0.3, 0.4) is 0 Å². The number of rotatable bonds is 4.